The number of rotatable bonds is 1. The Bertz CT molecular complexity index is 489. The molecule has 0 aliphatic rings. The highest BCUT2D eigenvalue weighted by Crippen LogP contribution is 2.12. The molecule has 0 saturated carbocycles. The second-order valence-electron chi connectivity index (χ2n) is 2.89. The maximum Gasteiger partial charge on any atom is 0.283 e. The molecule has 4 N–H and O–H groups in total. The van der Waals surface area contributed by atoms with Crippen molar-refractivity contribution in [2.24, 2.45) is 5.84 Å². The van der Waals surface area contributed by atoms with Crippen LogP contribution < -0.4 is 11.3 Å². The zero-order valence-corrected chi connectivity index (χ0v) is 7.53. The van der Waals surface area contributed by atoms with Crippen LogP contribution in [0.1, 0.15) is 16.2 Å². The Morgan fingerprint density at radius 3 is 3.07 bits per heavy atom. The van der Waals surface area contributed by atoms with E-state index in [0.29, 0.717) is 5.52 Å². The molecule has 14 heavy (non-hydrogen) atoms. The first-order valence-electron chi connectivity index (χ1n) is 4.05. The Balaban J connectivity index is 2.60. The van der Waals surface area contributed by atoms with Crippen LogP contribution in [0, 0.1) is 6.92 Å². The van der Waals surface area contributed by atoms with E-state index in [1.165, 1.54) is 0 Å². The molecular weight excluding hydrogens is 182 g/mol. The summed E-state index contributed by atoms with van der Waals surface area (Å²) in [5.74, 6) is 4.59. The summed E-state index contributed by atoms with van der Waals surface area (Å²) < 4.78 is 0. The van der Waals surface area contributed by atoms with Gasteiger partial charge >= 0.3 is 0 Å². The molecule has 0 aromatic carbocycles. The van der Waals surface area contributed by atoms with Gasteiger partial charge in [0.15, 0.2) is 0 Å². The van der Waals surface area contributed by atoms with Gasteiger partial charge in [-0.15, -0.1) is 0 Å². The van der Waals surface area contributed by atoms with E-state index in [-0.39, 0.29) is 5.69 Å². The summed E-state index contributed by atoms with van der Waals surface area (Å²) in [6.07, 6.45) is 0. The first kappa shape index (κ1) is 8.64. The maximum atomic E-state index is 11.2. The molecule has 2 rings (SSSR count). The van der Waals surface area contributed by atoms with Crippen molar-refractivity contribution < 1.29 is 4.79 Å². The number of nitrogen functional groups attached to an aromatic ring is 1. The molecular formula is C8H9N5O. The van der Waals surface area contributed by atoms with Gasteiger partial charge in [-0.05, 0) is 19.1 Å². The maximum absolute atomic E-state index is 11.2. The molecule has 0 saturated heterocycles. The molecule has 2 heterocycles. The van der Waals surface area contributed by atoms with Crippen LogP contribution in [0.5, 0.6) is 0 Å². The number of nitrogens with zero attached hydrogens (tertiary/aromatic N) is 2. The van der Waals surface area contributed by atoms with Crippen LogP contribution >= 0.6 is 0 Å². The molecule has 2 aromatic rings. The van der Waals surface area contributed by atoms with E-state index in [4.69, 9.17) is 5.84 Å². The first-order chi connectivity index (χ1) is 6.72. The molecule has 0 radical (unpaired) electrons. The minimum atomic E-state index is -0.410. The zero-order valence-electron chi connectivity index (χ0n) is 7.53. The van der Waals surface area contributed by atoms with Crippen molar-refractivity contribution >= 4 is 16.9 Å². The number of nitrogens with one attached hydrogen (secondary N) is 2. The Morgan fingerprint density at radius 1 is 1.57 bits per heavy atom. The number of aryl methyl sites for hydroxylation is 1. The van der Waals surface area contributed by atoms with Crippen LogP contribution in [0.3, 0.4) is 0 Å². The van der Waals surface area contributed by atoms with Gasteiger partial charge < -0.3 is 0 Å². The second kappa shape index (κ2) is 3.08. The Hall–Kier alpha value is -1.95. The Morgan fingerprint density at radius 2 is 2.36 bits per heavy atom. The van der Waals surface area contributed by atoms with Gasteiger partial charge in [0.05, 0.1) is 5.69 Å². The molecule has 0 fully saturated rings. The van der Waals surface area contributed by atoms with Crippen LogP contribution in [-0.4, -0.2) is 21.1 Å². The topological polar surface area (TPSA) is 96.7 Å². The van der Waals surface area contributed by atoms with Gasteiger partial charge in [-0.3, -0.25) is 15.3 Å². The fourth-order valence-corrected chi connectivity index (χ4v) is 1.22. The summed E-state index contributed by atoms with van der Waals surface area (Å²) in [5, 5.41) is 6.78. The van der Waals surface area contributed by atoms with Gasteiger partial charge in [-0.2, -0.15) is 5.10 Å². The molecule has 6 heteroatoms. The highest BCUT2D eigenvalue weighted by atomic mass is 16.2. The van der Waals surface area contributed by atoms with Gasteiger partial charge in [-0.1, -0.05) is 0 Å². The third kappa shape index (κ3) is 1.21. The summed E-state index contributed by atoms with van der Waals surface area (Å²) >= 11 is 0. The van der Waals surface area contributed by atoms with Crippen molar-refractivity contribution in [1.29, 1.82) is 0 Å². The van der Waals surface area contributed by atoms with E-state index >= 15 is 0 Å². The summed E-state index contributed by atoms with van der Waals surface area (Å²) in [5.41, 5.74) is 4.55. The van der Waals surface area contributed by atoms with Crippen LogP contribution in [0.25, 0.3) is 11.0 Å². The Labute approximate surface area is 79.5 Å². The van der Waals surface area contributed by atoms with E-state index in [2.05, 4.69) is 15.2 Å². The number of pyridine rings is 1. The van der Waals surface area contributed by atoms with Crippen molar-refractivity contribution in [3.63, 3.8) is 0 Å². The smallest absolute Gasteiger partial charge is 0.283 e. The molecule has 0 spiro atoms. The minimum absolute atomic E-state index is 0.282. The molecule has 2 aromatic heterocycles. The van der Waals surface area contributed by atoms with Gasteiger partial charge in [0.1, 0.15) is 16.7 Å². The van der Waals surface area contributed by atoms with E-state index in [1.54, 1.807) is 12.1 Å². The zero-order chi connectivity index (χ0) is 10.1. The molecule has 0 bridgehead atoms. The van der Waals surface area contributed by atoms with Crippen molar-refractivity contribution in [2.45, 2.75) is 6.92 Å². The minimum Gasteiger partial charge on any atom is -0.289 e. The van der Waals surface area contributed by atoms with E-state index in [9.17, 15) is 4.79 Å². The summed E-state index contributed by atoms with van der Waals surface area (Å²) in [6.45, 7) is 1.84. The molecule has 0 atom stereocenters. The number of carbonyl (C=O) groups excluding carboxylic acids is 1. The molecule has 6 nitrogen and oxygen atoms in total. The van der Waals surface area contributed by atoms with E-state index in [1.807, 2.05) is 12.3 Å². The fraction of sp³-hybridized carbons (Fsp3) is 0.125. The molecule has 0 aliphatic carbocycles. The average Bonchev–Trinajstić information content (AvgIpc) is 2.59. The lowest BCUT2D eigenvalue weighted by Gasteiger charge is -1.97. The predicted molar refractivity (Wildman–Crippen MR) is 50.3 cm³/mol. The highest BCUT2D eigenvalue weighted by Gasteiger charge is 2.08. The summed E-state index contributed by atoms with van der Waals surface area (Å²) in [7, 11) is 0. The van der Waals surface area contributed by atoms with Crippen molar-refractivity contribution in [3.05, 3.63) is 23.5 Å². The number of amides is 1. The number of carbonyl (C=O) groups is 1. The standard InChI is InChI=1S/C8H9N5O/c1-4-7-5(13-12-4)2-3-6(10-7)8(14)11-9/h2-3H,9H2,1H3,(H,11,14)(H,12,13). The van der Waals surface area contributed by atoms with Crippen LogP contribution in [0.2, 0.25) is 0 Å². The molecule has 0 unspecified atom stereocenters. The number of hydrogen-bond donors (Lipinski definition) is 3. The summed E-state index contributed by atoms with van der Waals surface area (Å²) in [4.78, 5) is 15.3. The largest absolute Gasteiger partial charge is 0.289 e. The first-order valence-corrected chi connectivity index (χ1v) is 4.05. The third-order valence-corrected chi connectivity index (χ3v) is 1.94. The Kier molecular flexibility index (Phi) is 1.90. The predicted octanol–water partition coefficient (Wildman–Crippen LogP) is -0.130. The van der Waals surface area contributed by atoms with Crippen LogP contribution in [0.15, 0.2) is 12.1 Å². The number of hydrogen-bond acceptors (Lipinski definition) is 4. The third-order valence-electron chi connectivity index (χ3n) is 1.94. The second-order valence-corrected chi connectivity index (χ2v) is 2.89. The lowest BCUT2D eigenvalue weighted by molar-refractivity contribution is 0.0949. The van der Waals surface area contributed by atoms with Gasteiger partial charge in [0.25, 0.3) is 5.91 Å². The van der Waals surface area contributed by atoms with Gasteiger partial charge in [0.2, 0.25) is 0 Å². The van der Waals surface area contributed by atoms with Crippen molar-refractivity contribution in [3.8, 4) is 0 Å². The van der Waals surface area contributed by atoms with E-state index in [0.717, 1.165) is 11.2 Å². The average molecular weight is 191 g/mol. The normalized spacial score (nSPS) is 10.4. The van der Waals surface area contributed by atoms with Gasteiger partial charge in [0, 0.05) is 0 Å². The molecule has 72 valence electrons. The lowest BCUT2D eigenvalue weighted by atomic mass is 10.3. The number of hydrazine groups is 1. The number of fused-ring (bicyclic) bond motifs is 1. The number of aromatic nitrogens is 3. The van der Waals surface area contributed by atoms with Crippen molar-refractivity contribution in [2.75, 3.05) is 0 Å². The number of nitrogens with two attached hydrogens (primary N) is 1. The van der Waals surface area contributed by atoms with Crippen LogP contribution in [-0.2, 0) is 0 Å². The SMILES string of the molecule is Cc1[nH]nc2ccc(C(=O)NN)nc12. The quantitative estimate of drug-likeness (QED) is 0.332. The molecule has 0 aliphatic heterocycles. The molecule has 1 amide bonds. The fourth-order valence-electron chi connectivity index (χ4n) is 1.22. The monoisotopic (exact) mass is 191 g/mol. The van der Waals surface area contributed by atoms with Crippen LogP contribution in [0.4, 0.5) is 0 Å². The lowest BCUT2D eigenvalue weighted by Crippen LogP contribution is -2.30. The highest BCUT2D eigenvalue weighted by molar-refractivity contribution is 5.94. The number of H-pyrrole nitrogens is 1. The summed E-state index contributed by atoms with van der Waals surface area (Å²) in [6, 6.07) is 3.29. The number of aromatic amines is 1. The van der Waals surface area contributed by atoms with Crippen molar-refractivity contribution in [1.82, 2.24) is 20.6 Å². The van der Waals surface area contributed by atoms with E-state index < -0.39 is 5.91 Å². The van der Waals surface area contributed by atoms with Gasteiger partial charge in [-0.25, -0.2) is 10.8 Å².